The first-order valence-corrected chi connectivity index (χ1v) is 11.8. The number of nitrogens with zero attached hydrogens (tertiary/aromatic N) is 1. The molecule has 1 aliphatic carbocycles. The van der Waals surface area contributed by atoms with Crippen LogP contribution in [-0.2, 0) is 23.7 Å². The molecule has 9 nitrogen and oxygen atoms in total. The first-order chi connectivity index (χ1) is 15.3. The molecule has 1 saturated heterocycles. The van der Waals surface area contributed by atoms with Crippen molar-refractivity contribution in [1.29, 1.82) is 0 Å². The van der Waals surface area contributed by atoms with E-state index in [4.69, 9.17) is 18.9 Å². The second-order valence-electron chi connectivity index (χ2n) is 9.26. The highest BCUT2D eigenvalue weighted by Crippen LogP contribution is 2.41. The van der Waals surface area contributed by atoms with Gasteiger partial charge in [0.05, 0.1) is 12.7 Å². The van der Waals surface area contributed by atoms with Crippen LogP contribution >= 0.6 is 0 Å². The van der Waals surface area contributed by atoms with E-state index in [0.29, 0.717) is 32.5 Å². The number of carbonyl (C=O) groups excluding carboxylic acids is 2. The Morgan fingerprint density at radius 3 is 2.34 bits per heavy atom. The van der Waals surface area contributed by atoms with E-state index in [1.54, 1.807) is 26.2 Å². The quantitative estimate of drug-likeness (QED) is 0.436. The molecule has 0 aromatic rings. The van der Waals surface area contributed by atoms with Crippen molar-refractivity contribution in [3.8, 4) is 0 Å². The van der Waals surface area contributed by atoms with E-state index in [0.717, 1.165) is 25.7 Å². The van der Waals surface area contributed by atoms with E-state index in [2.05, 4.69) is 17.6 Å². The van der Waals surface area contributed by atoms with Gasteiger partial charge in [0.25, 0.3) is 0 Å². The summed E-state index contributed by atoms with van der Waals surface area (Å²) in [5, 5.41) is 6.09. The molecule has 2 aliphatic rings. The minimum absolute atomic E-state index is 0.0226. The molecule has 1 saturated carbocycles. The van der Waals surface area contributed by atoms with Crippen molar-refractivity contribution in [2.24, 2.45) is 5.41 Å². The maximum Gasteiger partial charge on any atom is 0.318 e. The highest BCUT2D eigenvalue weighted by molar-refractivity contribution is 5.87. The smallest absolute Gasteiger partial charge is 0.318 e. The number of hydrogen-bond donors (Lipinski definition) is 2. The van der Waals surface area contributed by atoms with Crippen LogP contribution in [0.1, 0.15) is 59.3 Å². The molecule has 1 unspecified atom stereocenters. The van der Waals surface area contributed by atoms with Crippen LogP contribution < -0.4 is 10.6 Å². The minimum atomic E-state index is -1.05. The van der Waals surface area contributed by atoms with Gasteiger partial charge < -0.3 is 34.5 Å². The molecule has 2 rings (SSSR count). The highest BCUT2D eigenvalue weighted by Gasteiger charge is 2.52. The van der Waals surface area contributed by atoms with Gasteiger partial charge in [-0.1, -0.05) is 26.7 Å². The fourth-order valence-corrected chi connectivity index (χ4v) is 4.94. The SMILES string of the molecule is CC[C@@H]1OCC(OC)(OC)C1NC(=O)[C@H](CC1(C)CCCC1)NC(=O)N(CC)CCOC. The Labute approximate surface area is 192 Å². The Morgan fingerprint density at radius 2 is 1.81 bits per heavy atom. The summed E-state index contributed by atoms with van der Waals surface area (Å²) >= 11 is 0. The molecule has 0 radical (unpaired) electrons. The summed E-state index contributed by atoms with van der Waals surface area (Å²) in [5.41, 5.74) is 0.0226. The van der Waals surface area contributed by atoms with Crippen molar-refractivity contribution in [2.45, 2.75) is 83.3 Å². The van der Waals surface area contributed by atoms with E-state index >= 15 is 0 Å². The summed E-state index contributed by atoms with van der Waals surface area (Å²) in [6, 6.07) is -1.39. The number of hydrogen-bond acceptors (Lipinski definition) is 6. The zero-order valence-electron chi connectivity index (χ0n) is 20.7. The first kappa shape index (κ1) is 26.8. The van der Waals surface area contributed by atoms with Gasteiger partial charge in [0, 0.05) is 34.4 Å². The summed E-state index contributed by atoms with van der Waals surface area (Å²) in [6.07, 6.45) is 5.47. The van der Waals surface area contributed by atoms with Crippen LogP contribution in [0, 0.1) is 5.41 Å². The van der Waals surface area contributed by atoms with E-state index in [-0.39, 0.29) is 30.1 Å². The molecule has 2 fully saturated rings. The average molecular weight is 458 g/mol. The minimum Gasteiger partial charge on any atom is -0.383 e. The van der Waals surface area contributed by atoms with Crippen LogP contribution in [0.2, 0.25) is 0 Å². The van der Waals surface area contributed by atoms with E-state index in [9.17, 15) is 9.59 Å². The lowest BCUT2D eigenvalue weighted by atomic mass is 9.81. The van der Waals surface area contributed by atoms with Crippen molar-refractivity contribution in [3.05, 3.63) is 0 Å². The molecule has 3 atom stereocenters. The molecule has 2 N–H and O–H groups in total. The zero-order chi connectivity index (χ0) is 23.8. The second-order valence-corrected chi connectivity index (χ2v) is 9.26. The topological polar surface area (TPSA) is 98.4 Å². The third kappa shape index (κ3) is 6.34. The van der Waals surface area contributed by atoms with Gasteiger partial charge in [-0.3, -0.25) is 4.79 Å². The third-order valence-electron chi connectivity index (χ3n) is 7.09. The number of carbonyl (C=O) groups is 2. The predicted octanol–water partition coefficient (Wildman–Crippen LogP) is 2.29. The maximum atomic E-state index is 13.5. The Morgan fingerprint density at radius 1 is 1.16 bits per heavy atom. The fraction of sp³-hybridized carbons (Fsp3) is 0.913. The Bertz CT molecular complexity index is 607. The molecule has 9 heteroatoms. The van der Waals surface area contributed by atoms with Gasteiger partial charge in [0.15, 0.2) is 0 Å². The molecular formula is C23H43N3O6. The highest BCUT2D eigenvalue weighted by atomic mass is 16.7. The Hall–Kier alpha value is -1.42. The molecular weight excluding hydrogens is 414 g/mol. The molecule has 1 heterocycles. The summed E-state index contributed by atoms with van der Waals surface area (Å²) in [6.45, 7) is 7.79. The summed E-state index contributed by atoms with van der Waals surface area (Å²) in [7, 11) is 4.71. The Balaban J connectivity index is 2.19. The lowest BCUT2D eigenvalue weighted by Crippen LogP contribution is -2.61. The molecule has 3 amide bonds. The van der Waals surface area contributed by atoms with Crippen molar-refractivity contribution in [2.75, 3.05) is 47.6 Å². The molecule has 1 aliphatic heterocycles. The molecule has 32 heavy (non-hydrogen) atoms. The van der Waals surface area contributed by atoms with E-state index < -0.39 is 17.9 Å². The number of amides is 3. The number of nitrogens with one attached hydrogen (secondary N) is 2. The van der Waals surface area contributed by atoms with Gasteiger partial charge in [-0.25, -0.2) is 4.79 Å². The van der Waals surface area contributed by atoms with Gasteiger partial charge in [-0.15, -0.1) is 0 Å². The van der Waals surface area contributed by atoms with Crippen molar-refractivity contribution < 1.29 is 28.5 Å². The average Bonchev–Trinajstić information content (AvgIpc) is 3.37. The van der Waals surface area contributed by atoms with Crippen LogP contribution in [0.3, 0.4) is 0 Å². The lowest BCUT2D eigenvalue weighted by Gasteiger charge is -2.35. The number of methoxy groups -OCH3 is 3. The molecule has 0 aromatic heterocycles. The standard InChI is InChI=1S/C23H43N3O6/c1-7-18-19(23(30-5,31-6)16-32-18)25-20(27)17(15-22(3)11-9-10-12-22)24-21(28)26(8-2)13-14-29-4/h17-19H,7-16H2,1-6H3,(H,24,28)(H,25,27)/t17-,18-,19?/m0/s1. The molecule has 0 bridgehead atoms. The normalized spacial score (nSPS) is 24.8. The molecule has 0 spiro atoms. The molecule has 186 valence electrons. The van der Waals surface area contributed by atoms with Crippen molar-refractivity contribution in [1.82, 2.24) is 15.5 Å². The van der Waals surface area contributed by atoms with Crippen molar-refractivity contribution >= 4 is 11.9 Å². The van der Waals surface area contributed by atoms with Gasteiger partial charge >= 0.3 is 6.03 Å². The van der Waals surface area contributed by atoms with Gasteiger partial charge in [0.1, 0.15) is 18.7 Å². The summed E-state index contributed by atoms with van der Waals surface area (Å²) in [5.74, 6) is -1.28. The van der Waals surface area contributed by atoms with Crippen LogP contribution in [-0.4, -0.2) is 88.4 Å². The van der Waals surface area contributed by atoms with Gasteiger partial charge in [-0.2, -0.15) is 0 Å². The maximum absolute atomic E-state index is 13.5. The summed E-state index contributed by atoms with van der Waals surface area (Å²) < 4.78 is 22.2. The largest absolute Gasteiger partial charge is 0.383 e. The van der Waals surface area contributed by atoms with Crippen LogP contribution in [0.15, 0.2) is 0 Å². The van der Waals surface area contributed by atoms with E-state index in [1.165, 1.54) is 0 Å². The van der Waals surface area contributed by atoms with Crippen LogP contribution in [0.5, 0.6) is 0 Å². The lowest BCUT2D eigenvalue weighted by molar-refractivity contribution is -0.214. The third-order valence-corrected chi connectivity index (χ3v) is 7.09. The second kappa shape index (κ2) is 12.2. The van der Waals surface area contributed by atoms with Gasteiger partial charge in [0.2, 0.25) is 11.7 Å². The van der Waals surface area contributed by atoms with Crippen LogP contribution in [0.25, 0.3) is 0 Å². The number of urea groups is 1. The zero-order valence-corrected chi connectivity index (χ0v) is 20.7. The van der Waals surface area contributed by atoms with E-state index in [1.807, 2.05) is 13.8 Å². The van der Waals surface area contributed by atoms with Crippen LogP contribution in [0.4, 0.5) is 4.79 Å². The van der Waals surface area contributed by atoms with Crippen molar-refractivity contribution in [3.63, 3.8) is 0 Å². The van der Waals surface area contributed by atoms with Gasteiger partial charge in [-0.05, 0) is 38.0 Å². The number of ether oxygens (including phenoxy) is 4. The molecule has 0 aromatic carbocycles. The Kier molecular flexibility index (Phi) is 10.2. The monoisotopic (exact) mass is 457 g/mol. The first-order valence-electron chi connectivity index (χ1n) is 11.8. The number of rotatable bonds is 12. The number of likely N-dealkylation sites (N-methyl/N-ethyl adjacent to an activating group) is 1. The fourth-order valence-electron chi connectivity index (χ4n) is 4.94. The summed E-state index contributed by atoms with van der Waals surface area (Å²) in [4.78, 5) is 28.2. The predicted molar refractivity (Wildman–Crippen MR) is 121 cm³/mol.